The highest BCUT2D eigenvalue weighted by Crippen LogP contribution is 2.17. The van der Waals surface area contributed by atoms with Crippen LogP contribution in [0.3, 0.4) is 0 Å². The van der Waals surface area contributed by atoms with E-state index in [1.807, 2.05) is 11.0 Å². The average Bonchev–Trinajstić information content (AvgIpc) is 2.72. The molecular weight excluding hydrogens is 326 g/mol. The largest absolute Gasteiger partial charge is 0.368 e. The van der Waals surface area contributed by atoms with Gasteiger partial charge in [0.15, 0.2) is 5.96 Å². The molecule has 6 nitrogen and oxygen atoms in total. The number of guanidine groups is 1. The lowest BCUT2D eigenvalue weighted by molar-refractivity contribution is -0.130. The van der Waals surface area contributed by atoms with Crippen LogP contribution in [-0.2, 0) is 4.79 Å². The Morgan fingerprint density at radius 3 is 2.42 bits per heavy atom. The lowest BCUT2D eigenvalue weighted by atomic mass is 9.96. The Morgan fingerprint density at radius 2 is 1.77 bits per heavy atom. The highest BCUT2D eigenvalue weighted by Gasteiger charge is 2.21. The van der Waals surface area contributed by atoms with Gasteiger partial charge in [-0.2, -0.15) is 0 Å². The molecule has 0 radical (unpaired) electrons. The second-order valence-corrected chi connectivity index (χ2v) is 7.11. The summed E-state index contributed by atoms with van der Waals surface area (Å²) in [5.41, 5.74) is 1.23. The van der Waals surface area contributed by atoms with E-state index in [4.69, 9.17) is 0 Å². The topological polar surface area (TPSA) is 60.0 Å². The van der Waals surface area contributed by atoms with E-state index in [0.29, 0.717) is 12.6 Å². The van der Waals surface area contributed by atoms with Crippen LogP contribution in [0.4, 0.5) is 5.69 Å². The molecule has 0 atom stereocenters. The van der Waals surface area contributed by atoms with Gasteiger partial charge in [-0.05, 0) is 25.0 Å². The summed E-state index contributed by atoms with van der Waals surface area (Å²) in [7, 11) is 1.77. The molecule has 1 heterocycles. The number of amides is 1. The SMILES string of the molecule is CN=C(NCC(=O)N1CCN(c2ccccc2)CC1)NC1CCCCC1. The van der Waals surface area contributed by atoms with Crippen molar-refractivity contribution in [3.8, 4) is 0 Å². The number of nitrogens with zero attached hydrogens (tertiary/aromatic N) is 3. The first kappa shape index (κ1) is 18.5. The fourth-order valence-electron chi connectivity index (χ4n) is 3.76. The van der Waals surface area contributed by atoms with Crippen LogP contribution in [0.2, 0.25) is 0 Å². The Hall–Kier alpha value is -2.24. The number of hydrogen-bond acceptors (Lipinski definition) is 3. The molecule has 0 aromatic heterocycles. The molecule has 26 heavy (non-hydrogen) atoms. The normalized spacial score (nSPS) is 19.3. The van der Waals surface area contributed by atoms with Gasteiger partial charge in [0.25, 0.3) is 0 Å². The van der Waals surface area contributed by atoms with E-state index < -0.39 is 0 Å². The Morgan fingerprint density at radius 1 is 1.08 bits per heavy atom. The molecule has 1 aromatic carbocycles. The fraction of sp³-hybridized carbons (Fsp3) is 0.600. The zero-order valence-electron chi connectivity index (χ0n) is 15.8. The number of carbonyl (C=O) groups excluding carboxylic acids is 1. The predicted octanol–water partition coefficient (Wildman–Crippen LogP) is 1.83. The van der Waals surface area contributed by atoms with Crippen LogP contribution < -0.4 is 15.5 Å². The van der Waals surface area contributed by atoms with Gasteiger partial charge in [0, 0.05) is 45.0 Å². The highest BCUT2D eigenvalue weighted by atomic mass is 16.2. The van der Waals surface area contributed by atoms with Gasteiger partial charge in [-0.15, -0.1) is 0 Å². The Balaban J connectivity index is 1.41. The van der Waals surface area contributed by atoms with Crippen LogP contribution in [0.5, 0.6) is 0 Å². The van der Waals surface area contributed by atoms with Crippen LogP contribution in [0.1, 0.15) is 32.1 Å². The number of rotatable bonds is 4. The zero-order chi connectivity index (χ0) is 18.2. The van der Waals surface area contributed by atoms with Crippen LogP contribution in [0.15, 0.2) is 35.3 Å². The molecule has 0 spiro atoms. The molecule has 0 bridgehead atoms. The standard InChI is InChI=1S/C20H31N5O/c1-21-20(23-17-8-4-2-5-9-17)22-16-19(26)25-14-12-24(13-15-25)18-10-6-3-7-11-18/h3,6-7,10-11,17H,2,4-5,8-9,12-16H2,1H3,(H2,21,22,23). The van der Waals surface area contributed by atoms with Crippen LogP contribution >= 0.6 is 0 Å². The van der Waals surface area contributed by atoms with Crippen molar-refractivity contribution >= 4 is 17.6 Å². The first-order valence-corrected chi connectivity index (χ1v) is 9.81. The number of anilines is 1. The Bertz CT molecular complexity index is 589. The molecule has 3 rings (SSSR count). The quantitative estimate of drug-likeness (QED) is 0.638. The summed E-state index contributed by atoms with van der Waals surface area (Å²) in [6.07, 6.45) is 6.27. The minimum atomic E-state index is 0.143. The van der Waals surface area contributed by atoms with Crippen molar-refractivity contribution < 1.29 is 4.79 Å². The molecule has 1 saturated carbocycles. The monoisotopic (exact) mass is 357 g/mol. The summed E-state index contributed by atoms with van der Waals surface area (Å²) < 4.78 is 0. The number of carbonyl (C=O) groups is 1. The van der Waals surface area contributed by atoms with Gasteiger partial charge in [-0.25, -0.2) is 0 Å². The van der Waals surface area contributed by atoms with Gasteiger partial charge in [0.1, 0.15) is 0 Å². The van der Waals surface area contributed by atoms with E-state index in [-0.39, 0.29) is 5.91 Å². The first-order valence-electron chi connectivity index (χ1n) is 9.81. The van der Waals surface area contributed by atoms with Gasteiger partial charge in [-0.3, -0.25) is 9.79 Å². The van der Waals surface area contributed by atoms with Crippen molar-refractivity contribution in [2.45, 2.75) is 38.1 Å². The molecule has 2 aliphatic rings. The van der Waals surface area contributed by atoms with Crippen molar-refractivity contribution in [1.29, 1.82) is 0 Å². The minimum Gasteiger partial charge on any atom is -0.368 e. The summed E-state index contributed by atoms with van der Waals surface area (Å²) in [5, 5.41) is 6.64. The maximum atomic E-state index is 12.5. The Kier molecular flexibility index (Phi) is 6.75. The third-order valence-electron chi connectivity index (χ3n) is 5.33. The van der Waals surface area contributed by atoms with E-state index in [2.05, 4.69) is 44.8 Å². The van der Waals surface area contributed by atoms with Crippen molar-refractivity contribution in [2.75, 3.05) is 44.7 Å². The average molecular weight is 358 g/mol. The number of hydrogen-bond donors (Lipinski definition) is 2. The van der Waals surface area contributed by atoms with Gasteiger partial charge < -0.3 is 20.4 Å². The molecule has 1 aliphatic heterocycles. The first-order chi connectivity index (χ1) is 12.8. The maximum Gasteiger partial charge on any atom is 0.242 e. The smallest absolute Gasteiger partial charge is 0.242 e. The molecule has 2 N–H and O–H groups in total. The summed E-state index contributed by atoms with van der Waals surface area (Å²) in [6.45, 7) is 3.60. The van der Waals surface area contributed by atoms with E-state index in [0.717, 1.165) is 32.1 Å². The lowest BCUT2D eigenvalue weighted by Gasteiger charge is -2.36. The third kappa shape index (κ3) is 5.13. The Labute approximate surface area is 156 Å². The molecule has 142 valence electrons. The van der Waals surface area contributed by atoms with Gasteiger partial charge >= 0.3 is 0 Å². The lowest BCUT2D eigenvalue weighted by Crippen LogP contribution is -2.53. The number of nitrogens with one attached hydrogen (secondary N) is 2. The molecule has 1 aromatic rings. The summed E-state index contributed by atoms with van der Waals surface area (Å²) >= 11 is 0. The van der Waals surface area contributed by atoms with Gasteiger partial charge in [-0.1, -0.05) is 37.5 Å². The van der Waals surface area contributed by atoms with E-state index in [1.165, 1.54) is 37.8 Å². The van der Waals surface area contributed by atoms with Crippen LogP contribution in [-0.4, -0.2) is 62.6 Å². The highest BCUT2D eigenvalue weighted by molar-refractivity contribution is 5.86. The maximum absolute atomic E-state index is 12.5. The number of piperazine rings is 1. The minimum absolute atomic E-state index is 0.143. The van der Waals surface area contributed by atoms with Crippen molar-refractivity contribution in [2.24, 2.45) is 4.99 Å². The molecule has 2 fully saturated rings. The number of benzene rings is 1. The third-order valence-corrected chi connectivity index (χ3v) is 5.33. The number of aliphatic imine (C=N–C) groups is 1. The molecule has 6 heteroatoms. The summed E-state index contributed by atoms with van der Waals surface area (Å²) in [6, 6.07) is 10.9. The van der Waals surface area contributed by atoms with E-state index in [9.17, 15) is 4.79 Å². The van der Waals surface area contributed by atoms with Crippen molar-refractivity contribution in [3.63, 3.8) is 0 Å². The summed E-state index contributed by atoms with van der Waals surface area (Å²) in [5.74, 6) is 0.887. The second kappa shape index (κ2) is 9.46. The van der Waals surface area contributed by atoms with Crippen molar-refractivity contribution in [3.05, 3.63) is 30.3 Å². The predicted molar refractivity (Wildman–Crippen MR) is 107 cm³/mol. The number of para-hydroxylation sites is 1. The van der Waals surface area contributed by atoms with Crippen molar-refractivity contribution in [1.82, 2.24) is 15.5 Å². The van der Waals surface area contributed by atoms with Crippen LogP contribution in [0.25, 0.3) is 0 Å². The summed E-state index contributed by atoms with van der Waals surface area (Å²) in [4.78, 5) is 21.1. The fourth-order valence-corrected chi connectivity index (χ4v) is 3.76. The van der Waals surface area contributed by atoms with Crippen LogP contribution in [0, 0.1) is 0 Å². The molecular formula is C20H31N5O. The molecule has 1 amide bonds. The van der Waals surface area contributed by atoms with E-state index in [1.54, 1.807) is 7.05 Å². The zero-order valence-corrected chi connectivity index (χ0v) is 15.8. The second-order valence-electron chi connectivity index (χ2n) is 7.11. The molecule has 1 saturated heterocycles. The molecule has 0 unspecified atom stereocenters. The molecule has 1 aliphatic carbocycles. The van der Waals surface area contributed by atoms with Gasteiger partial charge in [0.2, 0.25) is 5.91 Å². The van der Waals surface area contributed by atoms with Gasteiger partial charge in [0.05, 0.1) is 6.54 Å². The van der Waals surface area contributed by atoms with E-state index >= 15 is 0 Å².